The van der Waals surface area contributed by atoms with E-state index in [9.17, 15) is 23.1 Å². The highest BCUT2D eigenvalue weighted by Crippen LogP contribution is 2.17. The minimum atomic E-state index is -4.39. The van der Waals surface area contributed by atoms with Crippen LogP contribution in [0, 0.1) is 0 Å². The fourth-order valence-electron chi connectivity index (χ4n) is 4.06. The lowest BCUT2D eigenvalue weighted by Gasteiger charge is -2.26. The first-order valence-corrected chi connectivity index (χ1v) is 13.7. The van der Waals surface area contributed by atoms with Crippen LogP contribution in [0.5, 0.6) is 0 Å². The second-order valence-corrected chi connectivity index (χ2v) is 10.3. The van der Waals surface area contributed by atoms with Gasteiger partial charge in [-0.05, 0) is 42.3 Å². The van der Waals surface area contributed by atoms with E-state index in [2.05, 4.69) is 20.7 Å². The van der Waals surface area contributed by atoms with Gasteiger partial charge in [0, 0.05) is 43.3 Å². The number of aryl methyl sites for hydroxylation is 1. The Hall–Kier alpha value is -4.33. The summed E-state index contributed by atoms with van der Waals surface area (Å²) in [5.74, 6) is -1.19. The Balaban J connectivity index is 1.39. The molecule has 4 rings (SSSR count). The summed E-state index contributed by atoms with van der Waals surface area (Å²) in [4.78, 5) is 29.0. The van der Waals surface area contributed by atoms with Gasteiger partial charge in [0.05, 0.1) is 11.7 Å². The molecule has 4 aromatic rings. The van der Waals surface area contributed by atoms with E-state index in [1.54, 1.807) is 60.9 Å². The number of benzene rings is 2. The molecule has 12 nitrogen and oxygen atoms in total. The molecule has 0 saturated heterocycles. The van der Waals surface area contributed by atoms with E-state index in [4.69, 9.17) is 5.14 Å². The lowest BCUT2D eigenvalue weighted by molar-refractivity contribution is -0.141. The summed E-state index contributed by atoms with van der Waals surface area (Å²) in [5.41, 5.74) is 1.68. The van der Waals surface area contributed by atoms with Crippen molar-refractivity contribution >= 4 is 38.8 Å². The highest BCUT2D eigenvalue weighted by molar-refractivity contribution is 7.86. The number of carbonyl (C=O) groups excluding carboxylic acids is 1. The summed E-state index contributed by atoms with van der Waals surface area (Å²) in [7, 11) is -4.39. The normalized spacial score (nSPS) is 12.4. The quantitative estimate of drug-likeness (QED) is 0.182. The number of hydrogen-bond acceptors (Lipinski definition) is 7. The molecular formula is C26H29N7O5S. The lowest BCUT2D eigenvalue weighted by atomic mass is 10.1. The van der Waals surface area contributed by atoms with E-state index in [1.165, 1.54) is 0 Å². The molecule has 2 heterocycles. The van der Waals surface area contributed by atoms with Crippen LogP contribution in [0.3, 0.4) is 0 Å². The fraction of sp³-hybridized carbons (Fsp3) is 0.231. The smallest absolute Gasteiger partial charge is 0.323 e. The van der Waals surface area contributed by atoms with Crippen LogP contribution in [0.4, 0.5) is 5.82 Å². The Bertz CT molecular complexity index is 1530. The average molecular weight is 552 g/mol. The predicted octanol–water partition coefficient (Wildman–Crippen LogP) is 1.82. The summed E-state index contributed by atoms with van der Waals surface area (Å²) >= 11 is 0. The maximum absolute atomic E-state index is 12.9. The van der Waals surface area contributed by atoms with Gasteiger partial charge >= 0.3 is 5.97 Å². The van der Waals surface area contributed by atoms with Crippen LogP contribution in [0.25, 0.3) is 10.9 Å². The number of anilines is 1. The van der Waals surface area contributed by atoms with Crippen molar-refractivity contribution in [2.24, 2.45) is 5.14 Å². The molecular weight excluding hydrogens is 522 g/mol. The predicted molar refractivity (Wildman–Crippen MR) is 146 cm³/mol. The summed E-state index contributed by atoms with van der Waals surface area (Å²) in [5, 5.41) is 26.0. The third-order valence-corrected chi connectivity index (χ3v) is 7.06. The molecule has 39 heavy (non-hydrogen) atoms. The highest BCUT2D eigenvalue weighted by atomic mass is 32.2. The Morgan fingerprint density at radius 2 is 1.85 bits per heavy atom. The number of aliphatic carboxylic acids is 1. The van der Waals surface area contributed by atoms with Crippen LogP contribution in [0.2, 0.25) is 0 Å². The first kappa shape index (κ1) is 27.7. The van der Waals surface area contributed by atoms with Gasteiger partial charge in [0.25, 0.3) is 16.1 Å². The second kappa shape index (κ2) is 12.5. The maximum atomic E-state index is 12.9. The van der Waals surface area contributed by atoms with Crippen molar-refractivity contribution in [3.05, 3.63) is 90.3 Å². The molecule has 0 fully saturated rings. The summed E-state index contributed by atoms with van der Waals surface area (Å²) in [6, 6.07) is 17.5. The molecule has 1 unspecified atom stereocenters. The fourth-order valence-corrected chi connectivity index (χ4v) is 4.91. The van der Waals surface area contributed by atoms with Crippen molar-refractivity contribution in [3.63, 3.8) is 0 Å². The SMILES string of the molecule is NS(=O)(=O)N(Cc1ccccc1)C(CNC(=O)c1ccc2c(cnn2CCCNc2ccccn2)c1)C(=O)O. The van der Waals surface area contributed by atoms with Crippen molar-refractivity contribution in [1.82, 2.24) is 24.4 Å². The zero-order chi connectivity index (χ0) is 27.8. The number of rotatable bonds is 13. The van der Waals surface area contributed by atoms with Crippen LogP contribution < -0.4 is 15.8 Å². The first-order valence-electron chi connectivity index (χ1n) is 12.2. The number of carboxylic acids is 1. The van der Waals surface area contributed by atoms with Gasteiger partial charge in [-0.15, -0.1) is 0 Å². The number of aromatic nitrogens is 3. The molecule has 1 amide bonds. The molecule has 0 radical (unpaired) electrons. The Morgan fingerprint density at radius 1 is 1.08 bits per heavy atom. The molecule has 13 heteroatoms. The second-order valence-electron chi connectivity index (χ2n) is 8.78. The van der Waals surface area contributed by atoms with Gasteiger partial charge in [0.2, 0.25) is 0 Å². The molecule has 0 saturated carbocycles. The number of nitrogens with one attached hydrogen (secondary N) is 2. The number of nitrogens with zero attached hydrogens (tertiary/aromatic N) is 4. The van der Waals surface area contributed by atoms with Gasteiger partial charge in [-0.2, -0.15) is 17.8 Å². The van der Waals surface area contributed by atoms with E-state index in [-0.39, 0.29) is 12.1 Å². The number of carboxylic acid groups (broad SMARTS) is 1. The van der Waals surface area contributed by atoms with Gasteiger partial charge < -0.3 is 15.7 Å². The summed E-state index contributed by atoms with van der Waals surface area (Å²) < 4.78 is 26.9. The monoisotopic (exact) mass is 551 g/mol. The standard InChI is InChI=1S/C26H29N7O5S/c27-39(37,38)33(18-19-7-2-1-3-8-19)23(26(35)36)17-30-25(34)20-10-11-22-21(15-20)16-31-32(22)14-6-13-29-24-9-4-5-12-28-24/h1-5,7-12,15-16,23H,6,13-14,17-18H2,(H,28,29)(H,30,34)(H,35,36)(H2,27,37,38). The molecule has 2 aromatic carbocycles. The third-order valence-electron chi connectivity index (χ3n) is 6.02. The van der Waals surface area contributed by atoms with Crippen molar-refractivity contribution in [1.29, 1.82) is 0 Å². The molecule has 0 aliphatic heterocycles. The van der Waals surface area contributed by atoms with Gasteiger partial charge in [-0.1, -0.05) is 36.4 Å². The maximum Gasteiger partial charge on any atom is 0.323 e. The molecule has 0 aliphatic rings. The minimum Gasteiger partial charge on any atom is -0.480 e. The third kappa shape index (κ3) is 7.37. The Kier molecular flexibility index (Phi) is 8.86. The van der Waals surface area contributed by atoms with Crippen LogP contribution in [-0.2, 0) is 28.1 Å². The molecule has 0 aliphatic carbocycles. The van der Waals surface area contributed by atoms with Crippen molar-refractivity contribution in [2.75, 3.05) is 18.4 Å². The molecule has 1 atom stereocenters. The van der Waals surface area contributed by atoms with Gasteiger partial charge in [-0.25, -0.2) is 10.1 Å². The summed E-state index contributed by atoms with van der Waals surface area (Å²) in [6.45, 7) is 0.635. The van der Waals surface area contributed by atoms with E-state index in [1.807, 2.05) is 22.9 Å². The summed E-state index contributed by atoms with van der Waals surface area (Å²) in [6.07, 6.45) is 4.18. The highest BCUT2D eigenvalue weighted by Gasteiger charge is 2.33. The average Bonchev–Trinajstić information content (AvgIpc) is 3.33. The number of fused-ring (bicyclic) bond motifs is 1. The largest absolute Gasteiger partial charge is 0.480 e. The van der Waals surface area contributed by atoms with E-state index in [0.29, 0.717) is 23.0 Å². The molecule has 2 aromatic heterocycles. The Labute approximate surface area is 225 Å². The van der Waals surface area contributed by atoms with Crippen molar-refractivity contribution in [2.45, 2.75) is 25.6 Å². The van der Waals surface area contributed by atoms with E-state index in [0.717, 1.165) is 23.1 Å². The molecule has 0 spiro atoms. The van der Waals surface area contributed by atoms with Crippen molar-refractivity contribution in [3.8, 4) is 0 Å². The van der Waals surface area contributed by atoms with Crippen LogP contribution in [0.1, 0.15) is 22.3 Å². The topological polar surface area (TPSA) is 173 Å². The zero-order valence-corrected chi connectivity index (χ0v) is 21.8. The number of nitrogens with two attached hydrogens (primary N) is 1. The lowest BCUT2D eigenvalue weighted by Crippen LogP contribution is -2.52. The van der Waals surface area contributed by atoms with Crippen molar-refractivity contribution < 1.29 is 23.1 Å². The number of carbonyl (C=O) groups is 2. The van der Waals surface area contributed by atoms with Crippen LogP contribution in [-0.4, -0.2) is 63.6 Å². The number of amides is 1. The van der Waals surface area contributed by atoms with Gasteiger partial charge in [0.15, 0.2) is 0 Å². The zero-order valence-electron chi connectivity index (χ0n) is 21.0. The van der Waals surface area contributed by atoms with Crippen LogP contribution >= 0.6 is 0 Å². The Morgan fingerprint density at radius 3 is 2.54 bits per heavy atom. The minimum absolute atomic E-state index is 0.255. The van der Waals surface area contributed by atoms with E-state index < -0.39 is 34.7 Å². The molecule has 0 bridgehead atoms. The number of pyridine rings is 1. The van der Waals surface area contributed by atoms with E-state index >= 15 is 0 Å². The van der Waals surface area contributed by atoms with Gasteiger partial charge in [0.1, 0.15) is 11.9 Å². The molecule has 5 N–H and O–H groups in total. The van der Waals surface area contributed by atoms with Crippen LogP contribution in [0.15, 0.2) is 79.1 Å². The van der Waals surface area contributed by atoms with Gasteiger partial charge in [-0.3, -0.25) is 14.3 Å². The first-order chi connectivity index (χ1) is 18.7. The molecule has 204 valence electrons. The number of hydrogen-bond donors (Lipinski definition) is 4.